The van der Waals surface area contributed by atoms with E-state index in [9.17, 15) is 4.79 Å². The zero-order valence-corrected chi connectivity index (χ0v) is 7.36. The summed E-state index contributed by atoms with van der Waals surface area (Å²) in [4.78, 5) is 15.3. The van der Waals surface area contributed by atoms with Gasteiger partial charge < -0.3 is 5.32 Å². The van der Waals surface area contributed by atoms with Crippen LogP contribution in [0.3, 0.4) is 0 Å². The second-order valence-corrected chi connectivity index (χ2v) is 3.29. The Bertz CT molecular complexity index is 297. The Morgan fingerprint density at radius 2 is 2.54 bits per heavy atom. The molecule has 1 saturated heterocycles. The van der Waals surface area contributed by atoms with E-state index in [0.29, 0.717) is 12.2 Å². The molecular formula is C10H12N2O. The van der Waals surface area contributed by atoms with Gasteiger partial charge in [0.05, 0.1) is 6.04 Å². The van der Waals surface area contributed by atoms with Crippen LogP contribution in [0, 0.1) is 0 Å². The van der Waals surface area contributed by atoms with Crippen LogP contribution < -0.4 is 5.32 Å². The van der Waals surface area contributed by atoms with E-state index in [1.165, 1.54) is 0 Å². The highest BCUT2D eigenvalue weighted by Gasteiger charge is 2.23. The summed E-state index contributed by atoms with van der Waals surface area (Å²) in [6.45, 7) is 0.823. The monoisotopic (exact) mass is 176 g/mol. The van der Waals surface area contributed by atoms with Crippen molar-refractivity contribution in [2.75, 3.05) is 6.54 Å². The minimum atomic E-state index is 0.0178. The summed E-state index contributed by atoms with van der Waals surface area (Å²) < 4.78 is 0. The molecule has 0 aliphatic carbocycles. The Kier molecular flexibility index (Phi) is 2.36. The van der Waals surface area contributed by atoms with Gasteiger partial charge in [-0.2, -0.15) is 0 Å². The summed E-state index contributed by atoms with van der Waals surface area (Å²) >= 11 is 0. The second-order valence-electron chi connectivity index (χ2n) is 3.29. The number of carbonyl (C=O) groups excluding carboxylic acids is 1. The Balaban J connectivity index is 2.02. The topological polar surface area (TPSA) is 42.0 Å². The van der Waals surface area contributed by atoms with Crippen molar-refractivity contribution in [3.8, 4) is 0 Å². The number of pyridine rings is 1. The minimum Gasteiger partial charge on any atom is -0.307 e. The standard InChI is InChI=1S/C10H12N2O/c13-10-3-5-12-9(10)6-8-2-1-4-11-7-8/h1-2,4,7,9,12H,3,5-6H2. The van der Waals surface area contributed by atoms with Crippen LogP contribution in [0.15, 0.2) is 24.5 Å². The van der Waals surface area contributed by atoms with Crippen LogP contribution in [0.4, 0.5) is 0 Å². The molecule has 0 spiro atoms. The minimum absolute atomic E-state index is 0.0178. The first-order valence-electron chi connectivity index (χ1n) is 4.51. The van der Waals surface area contributed by atoms with Crippen LogP contribution in [-0.2, 0) is 11.2 Å². The largest absolute Gasteiger partial charge is 0.307 e. The van der Waals surface area contributed by atoms with Crippen molar-refractivity contribution in [2.24, 2.45) is 0 Å². The van der Waals surface area contributed by atoms with Crippen LogP contribution in [0.1, 0.15) is 12.0 Å². The van der Waals surface area contributed by atoms with Gasteiger partial charge in [0.15, 0.2) is 5.78 Å². The lowest BCUT2D eigenvalue weighted by Crippen LogP contribution is -2.29. The predicted molar refractivity (Wildman–Crippen MR) is 49.4 cm³/mol. The normalized spacial score (nSPS) is 22.2. The number of carbonyl (C=O) groups is 1. The number of hydrogen-bond acceptors (Lipinski definition) is 3. The van der Waals surface area contributed by atoms with E-state index in [0.717, 1.165) is 18.5 Å². The van der Waals surface area contributed by atoms with Gasteiger partial charge in [0.2, 0.25) is 0 Å². The number of aromatic nitrogens is 1. The molecule has 1 aliphatic heterocycles. The van der Waals surface area contributed by atoms with Gasteiger partial charge in [0.25, 0.3) is 0 Å². The Labute approximate surface area is 77.2 Å². The van der Waals surface area contributed by atoms with E-state index < -0.39 is 0 Å². The average molecular weight is 176 g/mol. The maximum absolute atomic E-state index is 11.3. The molecule has 0 radical (unpaired) electrons. The lowest BCUT2D eigenvalue weighted by atomic mass is 10.1. The highest BCUT2D eigenvalue weighted by molar-refractivity contribution is 5.86. The third-order valence-electron chi connectivity index (χ3n) is 2.31. The second kappa shape index (κ2) is 3.66. The maximum Gasteiger partial charge on any atom is 0.151 e. The molecule has 0 amide bonds. The summed E-state index contributed by atoms with van der Waals surface area (Å²) in [7, 11) is 0. The van der Waals surface area contributed by atoms with Crippen LogP contribution in [-0.4, -0.2) is 23.4 Å². The first-order valence-corrected chi connectivity index (χ1v) is 4.51. The Morgan fingerprint density at radius 3 is 3.15 bits per heavy atom. The fourth-order valence-corrected chi connectivity index (χ4v) is 1.60. The molecule has 1 aliphatic rings. The van der Waals surface area contributed by atoms with Gasteiger partial charge in [-0.25, -0.2) is 0 Å². The maximum atomic E-state index is 11.3. The molecule has 68 valence electrons. The summed E-state index contributed by atoms with van der Waals surface area (Å²) in [6.07, 6.45) is 5.00. The van der Waals surface area contributed by atoms with Gasteiger partial charge in [-0.3, -0.25) is 9.78 Å². The molecular weight excluding hydrogens is 164 g/mol. The van der Waals surface area contributed by atoms with Crippen molar-refractivity contribution in [3.63, 3.8) is 0 Å². The highest BCUT2D eigenvalue weighted by Crippen LogP contribution is 2.07. The fraction of sp³-hybridized carbons (Fsp3) is 0.400. The quantitative estimate of drug-likeness (QED) is 0.715. The Hall–Kier alpha value is -1.22. The van der Waals surface area contributed by atoms with E-state index in [-0.39, 0.29) is 6.04 Å². The smallest absolute Gasteiger partial charge is 0.151 e. The molecule has 2 heterocycles. The zero-order valence-electron chi connectivity index (χ0n) is 7.36. The zero-order chi connectivity index (χ0) is 9.10. The molecule has 13 heavy (non-hydrogen) atoms. The highest BCUT2D eigenvalue weighted by atomic mass is 16.1. The molecule has 1 atom stereocenters. The summed E-state index contributed by atoms with van der Waals surface area (Å²) in [5.74, 6) is 0.323. The van der Waals surface area contributed by atoms with Gasteiger partial charge in [0.1, 0.15) is 0 Å². The van der Waals surface area contributed by atoms with Gasteiger partial charge in [-0.05, 0) is 18.1 Å². The van der Waals surface area contributed by atoms with Crippen LogP contribution in [0.5, 0.6) is 0 Å². The fourth-order valence-electron chi connectivity index (χ4n) is 1.60. The van der Waals surface area contributed by atoms with Gasteiger partial charge in [0, 0.05) is 25.4 Å². The number of Topliss-reactive ketones (excluding diaryl/α,β-unsaturated/α-hetero) is 1. The van der Waals surface area contributed by atoms with Crippen molar-refractivity contribution < 1.29 is 4.79 Å². The number of ketones is 1. The number of rotatable bonds is 2. The first kappa shape index (κ1) is 8.38. The summed E-state index contributed by atoms with van der Waals surface area (Å²) in [6, 6.07) is 3.92. The van der Waals surface area contributed by atoms with Crippen molar-refractivity contribution in [3.05, 3.63) is 30.1 Å². The van der Waals surface area contributed by atoms with Crippen LogP contribution in [0.25, 0.3) is 0 Å². The molecule has 1 aromatic heterocycles. The van der Waals surface area contributed by atoms with Crippen molar-refractivity contribution in [1.82, 2.24) is 10.3 Å². The molecule has 1 aromatic rings. The van der Waals surface area contributed by atoms with E-state index in [1.54, 1.807) is 6.20 Å². The molecule has 2 rings (SSSR count). The third kappa shape index (κ3) is 1.92. The van der Waals surface area contributed by atoms with Gasteiger partial charge in [-0.1, -0.05) is 6.07 Å². The van der Waals surface area contributed by atoms with E-state index in [2.05, 4.69) is 10.3 Å². The average Bonchev–Trinajstić information content (AvgIpc) is 2.54. The molecule has 0 bridgehead atoms. The molecule has 1 N–H and O–H groups in total. The lowest BCUT2D eigenvalue weighted by Gasteiger charge is -2.07. The number of hydrogen-bond donors (Lipinski definition) is 1. The van der Waals surface area contributed by atoms with Crippen LogP contribution >= 0.6 is 0 Å². The molecule has 1 unspecified atom stereocenters. The molecule has 3 nitrogen and oxygen atoms in total. The van der Waals surface area contributed by atoms with Crippen molar-refractivity contribution in [1.29, 1.82) is 0 Å². The third-order valence-corrected chi connectivity index (χ3v) is 2.31. The predicted octanol–water partition coefficient (Wildman–Crippen LogP) is 0.555. The molecule has 0 saturated carbocycles. The van der Waals surface area contributed by atoms with E-state index in [1.807, 2.05) is 18.3 Å². The van der Waals surface area contributed by atoms with E-state index in [4.69, 9.17) is 0 Å². The molecule has 3 heteroatoms. The molecule has 0 aromatic carbocycles. The number of nitrogens with zero attached hydrogens (tertiary/aromatic N) is 1. The molecule has 1 fully saturated rings. The van der Waals surface area contributed by atoms with E-state index >= 15 is 0 Å². The van der Waals surface area contributed by atoms with Crippen LogP contribution in [0.2, 0.25) is 0 Å². The van der Waals surface area contributed by atoms with Crippen molar-refractivity contribution >= 4 is 5.78 Å². The lowest BCUT2D eigenvalue weighted by molar-refractivity contribution is -0.118. The van der Waals surface area contributed by atoms with Gasteiger partial charge >= 0.3 is 0 Å². The Morgan fingerprint density at radius 1 is 1.62 bits per heavy atom. The number of nitrogens with one attached hydrogen (secondary N) is 1. The van der Waals surface area contributed by atoms with Crippen molar-refractivity contribution in [2.45, 2.75) is 18.9 Å². The SMILES string of the molecule is O=C1CCNC1Cc1cccnc1. The summed E-state index contributed by atoms with van der Waals surface area (Å²) in [5.41, 5.74) is 1.12. The summed E-state index contributed by atoms with van der Waals surface area (Å²) in [5, 5.41) is 3.18. The first-order chi connectivity index (χ1) is 6.36. The van der Waals surface area contributed by atoms with Gasteiger partial charge in [-0.15, -0.1) is 0 Å².